The van der Waals surface area contributed by atoms with Crippen molar-refractivity contribution >= 4 is 23.4 Å². The minimum absolute atomic E-state index is 0.655. The third-order valence-corrected chi connectivity index (χ3v) is 4.66. The van der Waals surface area contributed by atoms with E-state index in [0.29, 0.717) is 6.04 Å². The maximum Gasteiger partial charge on any atom is 0.328 e. The zero-order valence-corrected chi connectivity index (χ0v) is 12.2. The first-order chi connectivity index (χ1) is 9.15. The average Bonchev–Trinajstić information content (AvgIpc) is 2.72. The summed E-state index contributed by atoms with van der Waals surface area (Å²) in [6.07, 6.45) is 8.14. The summed E-state index contributed by atoms with van der Waals surface area (Å²) in [5.74, 6) is -0.893. The van der Waals surface area contributed by atoms with E-state index in [-0.39, 0.29) is 0 Å². The van der Waals surface area contributed by atoms with Gasteiger partial charge in [0.25, 0.3) is 0 Å². The van der Waals surface area contributed by atoms with Gasteiger partial charge in [0, 0.05) is 28.4 Å². The van der Waals surface area contributed by atoms with Gasteiger partial charge in [-0.05, 0) is 44.5 Å². The normalized spacial score (nSPS) is 21.6. The Bertz CT molecular complexity index is 453. The maximum absolute atomic E-state index is 10.5. The number of hydrogen-bond acceptors (Lipinski definition) is 3. The zero-order chi connectivity index (χ0) is 13.7. The molecule has 104 valence electrons. The third-order valence-electron chi connectivity index (χ3n) is 3.62. The van der Waals surface area contributed by atoms with Crippen LogP contribution in [-0.4, -0.2) is 28.6 Å². The van der Waals surface area contributed by atoms with Crippen LogP contribution in [0.4, 0.5) is 0 Å². The van der Waals surface area contributed by atoms with Crippen molar-refractivity contribution in [1.29, 1.82) is 0 Å². The van der Waals surface area contributed by atoms with Crippen LogP contribution in [0.25, 0.3) is 6.08 Å². The van der Waals surface area contributed by atoms with Gasteiger partial charge in [-0.2, -0.15) is 0 Å². The van der Waals surface area contributed by atoms with Crippen LogP contribution in [0.5, 0.6) is 0 Å². The lowest BCUT2D eigenvalue weighted by Gasteiger charge is -2.26. The topological polar surface area (TPSA) is 40.5 Å². The standard InChI is InChI=1S/C15H21NO2S/c1-12-5-3-2-4-10-16(12)11-14-7-6-13(19-14)8-9-15(17)18/h6-9,12H,2-5,10-11H2,1H3,(H,17,18). The largest absolute Gasteiger partial charge is 0.478 e. The lowest BCUT2D eigenvalue weighted by molar-refractivity contribution is -0.131. The van der Waals surface area contributed by atoms with Crippen LogP contribution >= 0.6 is 11.3 Å². The van der Waals surface area contributed by atoms with Gasteiger partial charge < -0.3 is 5.11 Å². The first kappa shape index (κ1) is 14.3. The number of nitrogens with zero attached hydrogens (tertiary/aromatic N) is 1. The molecule has 1 unspecified atom stereocenters. The molecule has 3 nitrogen and oxygen atoms in total. The maximum atomic E-state index is 10.5. The van der Waals surface area contributed by atoms with Crippen LogP contribution in [0.2, 0.25) is 0 Å². The predicted molar refractivity (Wildman–Crippen MR) is 79.3 cm³/mol. The highest BCUT2D eigenvalue weighted by Gasteiger charge is 2.17. The molecule has 0 saturated carbocycles. The van der Waals surface area contributed by atoms with Crippen LogP contribution in [0.15, 0.2) is 18.2 Å². The van der Waals surface area contributed by atoms with E-state index >= 15 is 0 Å². The highest BCUT2D eigenvalue weighted by atomic mass is 32.1. The fourth-order valence-corrected chi connectivity index (χ4v) is 3.43. The molecule has 1 aromatic heterocycles. The van der Waals surface area contributed by atoms with E-state index in [1.807, 2.05) is 6.07 Å². The van der Waals surface area contributed by atoms with Crippen molar-refractivity contribution in [2.45, 2.75) is 45.2 Å². The van der Waals surface area contributed by atoms with Gasteiger partial charge in [-0.25, -0.2) is 4.79 Å². The van der Waals surface area contributed by atoms with Crippen LogP contribution in [0.3, 0.4) is 0 Å². The molecule has 0 radical (unpaired) electrons. The summed E-state index contributed by atoms with van der Waals surface area (Å²) >= 11 is 1.69. The molecule has 4 heteroatoms. The second-order valence-electron chi connectivity index (χ2n) is 5.14. The van der Waals surface area contributed by atoms with E-state index in [0.717, 1.165) is 11.4 Å². The van der Waals surface area contributed by atoms with Gasteiger partial charge >= 0.3 is 5.97 Å². The molecular formula is C15H21NO2S. The molecule has 1 aliphatic rings. The van der Waals surface area contributed by atoms with Crippen molar-refractivity contribution in [3.05, 3.63) is 28.0 Å². The molecule has 0 bridgehead atoms. The second kappa shape index (κ2) is 6.87. The molecule has 1 fully saturated rings. The molecule has 1 atom stereocenters. The van der Waals surface area contributed by atoms with Gasteiger partial charge in [0.2, 0.25) is 0 Å². The van der Waals surface area contributed by atoms with Gasteiger partial charge in [0.1, 0.15) is 0 Å². The van der Waals surface area contributed by atoms with Crippen LogP contribution in [0, 0.1) is 0 Å². The summed E-state index contributed by atoms with van der Waals surface area (Å²) < 4.78 is 0. The molecule has 1 saturated heterocycles. The van der Waals surface area contributed by atoms with Crippen molar-refractivity contribution < 1.29 is 9.90 Å². The Labute approximate surface area is 118 Å². The third kappa shape index (κ3) is 4.48. The highest BCUT2D eigenvalue weighted by Crippen LogP contribution is 2.23. The van der Waals surface area contributed by atoms with Crippen molar-refractivity contribution in [3.8, 4) is 0 Å². The van der Waals surface area contributed by atoms with E-state index in [4.69, 9.17) is 5.11 Å². The average molecular weight is 279 g/mol. The monoisotopic (exact) mass is 279 g/mol. The van der Waals surface area contributed by atoms with E-state index < -0.39 is 5.97 Å². The summed E-state index contributed by atoms with van der Waals surface area (Å²) in [5, 5.41) is 8.62. The highest BCUT2D eigenvalue weighted by molar-refractivity contribution is 7.12. The van der Waals surface area contributed by atoms with E-state index in [1.54, 1.807) is 17.4 Å². The van der Waals surface area contributed by atoms with E-state index in [9.17, 15) is 4.79 Å². The first-order valence-corrected chi connectivity index (χ1v) is 7.70. The Morgan fingerprint density at radius 1 is 1.47 bits per heavy atom. The number of carboxylic acids is 1. The van der Waals surface area contributed by atoms with Gasteiger partial charge in [-0.1, -0.05) is 12.8 Å². The molecule has 0 aromatic carbocycles. The lowest BCUT2D eigenvalue weighted by atomic mass is 10.1. The summed E-state index contributed by atoms with van der Waals surface area (Å²) in [6, 6.07) is 4.77. The first-order valence-electron chi connectivity index (χ1n) is 6.89. The molecule has 0 spiro atoms. The molecular weight excluding hydrogens is 258 g/mol. The number of carbonyl (C=O) groups is 1. The Kier molecular flexibility index (Phi) is 5.16. The van der Waals surface area contributed by atoms with Crippen molar-refractivity contribution in [2.24, 2.45) is 0 Å². The number of hydrogen-bond donors (Lipinski definition) is 1. The van der Waals surface area contributed by atoms with Crippen LogP contribution in [-0.2, 0) is 11.3 Å². The van der Waals surface area contributed by atoms with Gasteiger partial charge in [0.05, 0.1) is 0 Å². The molecule has 1 N–H and O–H groups in total. The SMILES string of the molecule is CC1CCCCCN1Cc1ccc(C=CC(=O)O)s1. The second-order valence-corrected chi connectivity index (χ2v) is 6.34. The predicted octanol–water partition coefficient (Wildman–Crippen LogP) is 3.61. The fraction of sp³-hybridized carbons (Fsp3) is 0.533. The summed E-state index contributed by atoms with van der Waals surface area (Å²) in [7, 11) is 0. The molecule has 0 aliphatic carbocycles. The number of thiophene rings is 1. The fourth-order valence-electron chi connectivity index (χ4n) is 2.49. The van der Waals surface area contributed by atoms with Gasteiger partial charge in [-0.3, -0.25) is 4.90 Å². The Hall–Kier alpha value is -1.13. The molecule has 0 amide bonds. The van der Waals surface area contributed by atoms with Crippen molar-refractivity contribution in [1.82, 2.24) is 4.90 Å². The number of likely N-dealkylation sites (tertiary alicyclic amines) is 1. The summed E-state index contributed by atoms with van der Waals surface area (Å²) in [4.78, 5) is 15.4. The Morgan fingerprint density at radius 2 is 2.32 bits per heavy atom. The van der Waals surface area contributed by atoms with Crippen molar-refractivity contribution in [2.75, 3.05) is 6.54 Å². The number of aliphatic carboxylic acids is 1. The molecule has 1 aliphatic heterocycles. The van der Waals surface area contributed by atoms with E-state index in [2.05, 4.69) is 17.9 Å². The lowest BCUT2D eigenvalue weighted by Crippen LogP contribution is -2.31. The molecule has 2 rings (SSSR count). The quantitative estimate of drug-likeness (QED) is 0.856. The molecule has 2 heterocycles. The van der Waals surface area contributed by atoms with Crippen molar-refractivity contribution in [3.63, 3.8) is 0 Å². The smallest absolute Gasteiger partial charge is 0.328 e. The van der Waals surface area contributed by atoms with Crippen LogP contribution < -0.4 is 0 Å². The summed E-state index contributed by atoms with van der Waals surface area (Å²) in [5.41, 5.74) is 0. The minimum atomic E-state index is -0.893. The van der Waals surface area contributed by atoms with E-state index in [1.165, 1.54) is 43.2 Å². The number of carboxylic acid groups (broad SMARTS) is 1. The number of rotatable bonds is 4. The van der Waals surface area contributed by atoms with Crippen LogP contribution in [0.1, 0.15) is 42.4 Å². The zero-order valence-electron chi connectivity index (χ0n) is 11.3. The van der Waals surface area contributed by atoms with Gasteiger partial charge in [0.15, 0.2) is 0 Å². The summed E-state index contributed by atoms with van der Waals surface area (Å²) in [6.45, 7) is 4.48. The van der Waals surface area contributed by atoms with Gasteiger partial charge in [-0.15, -0.1) is 11.3 Å². The minimum Gasteiger partial charge on any atom is -0.478 e. The molecule has 19 heavy (non-hydrogen) atoms. The Balaban J connectivity index is 1.96. The molecule has 1 aromatic rings. The Morgan fingerprint density at radius 3 is 3.11 bits per heavy atom.